The number of aliphatic imine (C=N–C) groups is 1. The molecule has 0 radical (unpaired) electrons. The normalized spacial score (nSPS) is 19.1. The molecule has 0 fully saturated rings. The van der Waals surface area contributed by atoms with Gasteiger partial charge in [0, 0.05) is 27.9 Å². The molecular formula is C18H24N2O2S. The van der Waals surface area contributed by atoms with Gasteiger partial charge in [-0.1, -0.05) is 46.4 Å². The third kappa shape index (κ3) is 3.11. The summed E-state index contributed by atoms with van der Waals surface area (Å²) in [5, 5.41) is 3.65. The van der Waals surface area contributed by atoms with E-state index in [2.05, 4.69) is 44.9 Å². The largest absolute Gasteiger partial charge is 0.492 e. The van der Waals surface area contributed by atoms with Crippen LogP contribution in [0.2, 0.25) is 0 Å². The molecule has 2 heterocycles. The molecular weight excluding hydrogens is 308 g/mol. The van der Waals surface area contributed by atoms with Crippen molar-refractivity contribution >= 4 is 22.8 Å². The highest BCUT2D eigenvalue weighted by molar-refractivity contribution is 8.14. The molecule has 2 aliphatic heterocycles. The molecule has 1 aromatic rings. The lowest BCUT2D eigenvalue weighted by Crippen LogP contribution is -2.28. The van der Waals surface area contributed by atoms with Crippen LogP contribution in [0.3, 0.4) is 0 Å². The van der Waals surface area contributed by atoms with Gasteiger partial charge in [0.2, 0.25) is 0 Å². The minimum atomic E-state index is -0.0887. The predicted molar refractivity (Wildman–Crippen MR) is 95.9 cm³/mol. The van der Waals surface area contributed by atoms with Crippen molar-refractivity contribution in [3.8, 4) is 5.75 Å². The van der Waals surface area contributed by atoms with Crippen LogP contribution in [-0.2, 0) is 10.8 Å². The molecule has 1 N–H and O–H groups in total. The maximum Gasteiger partial charge on any atom is 0.257 e. The van der Waals surface area contributed by atoms with Crippen LogP contribution in [0.5, 0.6) is 5.75 Å². The van der Waals surface area contributed by atoms with Gasteiger partial charge in [-0.25, -0.2) is 0 Å². The van der Waals surface area contributed by atoms with Crippen molar-refractivity contribution in [1.29, 1.82) is 0 Å². The van der Waals surface area contributed by atoms with Crippen molar-refractivity contribution in [2.45, 2.75) is 45.4 Å². The highest BCUT2D eigenvalue weighted by atomic mass is 32.2. The number of carbonyl (C=O) groups is 1. The first-order valence-corrected chi connectivity index (χ1v) is 8.97. The first-order chi connectivity index (χ1) is 10.7. The molecule has 0 spiro atoms. The standard InChI is InChI=1S/C18H24N2O2S/c1-17(2,3)12-8-11(15(21)20-16-19-6-7-23-16)9-13-14(12)22-10-18(13,4)5/h8-9H,6-7,10H2,1-5H3,(H,19,20,21). The summed E-state index contributed by atoms with van der Waals surface area (Å²) in [4.78, 5) is 16.9. The fraction of sp³-hybridized carbons (Fsp3) is 0.556. The number of carbonyl (C=O) groups excluding carboxylic acids is 1. The van der Waals surface area contributed by atoms with E-state index in [0.717, 1.165) is 34.3 Å². The summed E-state index contributed by atoms with van der Waals surface area (Å²) in [5.74, 6) is 1.80. The second-order valence-corrected chi connectivity index (χ2v) is 8.90. The van der Waals surface area contributed by atoms with Gasteiger partial charge in [0.1, 0.15) is 5.75 Å². The number of nitrogens with one attached hydrogen (secondary N) is 1. The first kappa shape index (κ1) is 16.4. The minimum absolute atomic E-state index is 0.0781. The summed E-state index contributed by atoms with van der Waals surface area (Å²) in [7, 11) is 0. The highest BCUT2D eigenvalue weighted by Crippen LogP contribution is 2.45. The quantitative estimate of drug-likeness (QED) is 0.856. The molecule has 0 atom stereocenters. The van der Waals surface area contributed by atoms with Crippen LogP contribution in [0.15, 0.2) is 17.1 Å². The maximum atomic E-state index is 12.6. The zero-order valence-electron chi connectivity index (χ0n) is 14.4. The van der Waals surface area contributed by atoms with Crippen LogP contribution in [0.25, 0.3) is 0 Å². The van der Waals surface area contributed by atoms with Crippen molar-refractivity contribution in [1.82, 2.24) is 5.32 Å². The lowest BCUT2D eigenvalue weighted by Gasteiger charge is -2.24. The summed E-state index contributed by atoms with van der Waals surface area (Å²) < 4.78 is 5.98. The SMILES string of the molecule is CC(C)(C)c1cc(C(=O)NC2=NCCS2)cc2c1OCC2(C)C. The van der Waals surface area contributed by atoms with Gasteiger partial charge < -0.3 is 10.1 Å². The zero-order chi connectivity index (χ0) is 16.8. The number of benzene rings is 1. The van der Waals surface area contributed by atoms with Crippen LogP contribution in [-0.4, -0.2) is 30.0 Å². The van der Waals surface area contributed by atoms with Gasteiger partial charge >= 0.3 is 0 Å². The van der Waals surface area contributed by atoms with Gasteiger partial charge in [0.05, 0.1) is 13.2 Å². The number of thioether (sulfide) groups is 1. The summed E-state index contributed by atoms with van der Waals surface area (Å²) >= 11 is 1.59. The molecule has 124 valence electrons. The van der Waals surface area contributed by atoms with E-state index in [0.29, 0.717) is 12.2 Å². The topological polar surface area (TPSA) is 50.7 Å². The van der Waals surface area contributed by atoms with E-state index in [9.17, 15) is 4.79 Å². The third-order valence-electron chi connectivity index (χ3n) is 4.27. The number of fused-ring (bicyclic) bond motifs is 1. The molecule has 0 aliphatic carbocycles. The van der Waals surface area contributed by atoms with E-state index in [4.69, 9.17) is 4.74 Å². The minimum Gasteiger partial charge on any atom is -0.492 e. The van der Waals surface area contributed by atoms with Gasteiger partial charge in [-0.2, -0.15) is 0 Å². The maximum absolute atomic E-state index is 12.6. The van der Waals surface area contributed by atoms with Crippen molar-refractivity contribution in [2.75, 3.05) is 18.9 Å². The fourth-order valence-corrected chi connectivity index (χ4v) is 3.61. The molecule has 0 bridgehead atoms. The van der Waals surface area contributed by atoms with E-state index in [-0.39, 0.29) is 16.7 Å². The van der Waals surface area contributed by atoms with Gasteiger partial charge in [-0.05, 0) is 17.5 Å². The van der Waals surface area contributed by atoms with Crippen molar-refractivity contribution < 1.29 is 9.53 Å². The number of ether oxygens (including phenoxy) is 1. The molecule has 0 unspecified atom stereocenters. The van der Waals surface area contributed by atoms with Crippen LogP contribution >= 0.6 is 11.8 Å². The van der Waals surface area contributed by atoms with E-state index in [1.165, 1.54) is 0 Å². The van der Waals surface area contributed by atoms with E-state index in [1.807, 2.05) is 12.1 Å². The van der Waals surface area contributed by atoms with Crippen molar-refractivity contribution in [3.63, 3.8) is 0 Å². The first-order valence-electron chi connectivity index (χ1n) is 7.99. The van der Waals surface area contributed by atoms with Crippen LogP contribution in [0.1, 0.15) is 56.1 Å². The molecule has 0 saturated heterocycles. The predicted octanol–water partition coefficient (Wildman–Crippen LogP) is 3.49. The fourth-order valence-electron chi connectivity index (χ4n) is 2.89. The van der Waals surface area contributed by atoms with Crippen LogP contribution in [0, 0.1) is 0 Å². The van der Waals surface area contributed by atoms with E-state index >= 15 is 0 Å². The summed E-state index contributed by atoms with van der Waals surface area (Å²) in [6.07, 6.45) is 0. The van der Waals surface area contributed by atoms with Crippen molar-refractivity contribution in [3.05, 3.63) is 28.8 Å². The van der Waals surface area contributed by atoms with Crippen molar-refractivity contribution in [2.24, 2.45) is 4.99 Å². The number of hydrogen-bond donors (Lipinski definition) is 1. The highest BCUT2D eigenvalue weighted by Gasteiger charge is 2.37. The molecule has 0 saturated carbocycles. The molecule has 5 heteroatoms. The second-order valence-electron chi connectivity index (χ2n) is 7.81. The molecule has 0 aromatic heterocycles. The molecule has 3 rings (SSSR count). The lowest BCUT2D eigenvalue weighted by atomic mass is 9.79. The zero-order valence-corrected chi connectivity index (χ0v) is 15.3. The monoisotopic (exact) mass is 332 g/mol. The number of amides is 1. The van der Waals surface area contributed by atoms with Crippen LogP contribution in [0.4, 0.5) is 0 Å². The molecule has 1 aromatic carbocycles. The molecule has 2 aliphatic rings. The Morgan fingerprint density at radius 2 is 2.09 bits per heavy atom. The Hall–Kier alpha value is -1.49. The summed E-state index contributed by atoms with van der Waals surface area (Å²) in [5.41, 5.74) is 2.73. The average molecular weight is 332 g/mol. The number of amidine groups is 1. The Labute approximate surface area is 142 Å². The van der Waals surface area contributed by atoms with E-state index in [1.54, 1.807) is 11.8 Å². The van der Waals surface area contributed by atoms with Crippen LogP contribution < -0.4 is 10.1 Å². The molecule has 23 heavy (non-hydrogen) atoms. The average Bonchev–Trinajstić information content (AvgIpc) is 3.05. The Morgan fingerprint density at radius 1 is 1.35 bits per heavy atom. The Kier molecular flexibility index (Phi) is 3.95. The van der Waals surface area contributed by atoms with Gasteiger partial charge in [-0.15, -0.1) is 0 Å². The smallest absolute Gasteiger partial charge is 0.257 e. The number of rotatable bonds is 1. The van der Waals surface area contributed by atoms with E-state index < -0.39 is 0 Å². The second kappa shape index (κ2) is 5.55. The summed E-state index contributed by atoms with van der Waals surface area (Å²) in [6.45, 7) is 12.2. The van der Waals surface area contributed by atoms with Gasteiger partial charge in [0.25, 0.3) is 5.91 Å². The summed E-state index contributed by atoms with van der Waals surface area (Å²) in [6, 6.07) is 3.95. The Bertz CT molecular complexity index is 687. The Balaban J connectivity index is 2.03. The number of hydrogen-bond acceptors (Lipinski definition) is 4. The lowest BCUT2D eigenvalue weighted by molar-refractivity contribution is 0.0977. The Morgan fingerprint density at radius 3 is 2.70 bits per heavy atom. The van der Waals surface area contributed by atoms with Gasteiger partial charge in [0.15, 0.2) is 5.17 Å². The molecule has 4 nitrogen and oxygen atoms in total. The van der Waals surface area contributed by atoms with Gasteiger partial charge in [-0.3, -0.25) is 9.79 Å². The third-order valence-corrected chi connectivity index (χ3v) is 5.16. The molecule has 1 amide bonds. The number of nitrogens with zero attached hydrogens (tertiary/aromatic N) is 1.